The maximum absolute atomic E-state index is 12.9. The van der Waals surface area contributed by atoms with Gasteiger partial charge in [0.1, 0.15) is 18.2 Å². The summed E-state index contributed by atoms with van der Waals surface area (Å²) in [6, 6.07) is 14.9. The number of phenols is 1. The number of para-hydroxylation sites is 2. The summed E-state index contributed by atoms with van der Waals surface area (Å²) in [6.07, 6.45) is 6.05. The third-order valence-electron chi connectivity index (χ3n) is 6.65. The highest BCUT2D eigenvalue weighted by molar-refractivity contribution is 5.91. The van der Waals surface area contributed by atoms with Gasteiger partial charge in [0.05, 0.1) is 11.1 Å². The molecule has 0 radical (unpaired) electrons. The van der Waals surface area contributed by atoms with Gasteiger partial charge in [-0.15, -0.1) is 0 Å². The first-order valence-electron chi connectivity index (χ1n) is 12.2. The molecule has 3 aromatic rings. The minimum absolute atomic E-state index is 0.133. The zero-order valence-electron chi connectivity index (χ0n) is 20.2. The second kappa shape index (κ2) is 9.85. The van der Waals surface area contributed by atoms with Crippen LogP contribution in [-0.2, 0) is 14.2 Å². The van der Waals surface area contributed by atoms with Crippen molar-refractivity contribution in [1.82, 2.24) is 14.9 Å². The third kappa shape index (κ3) is 4.55. The maximum atomic E-state index is 12.9. The van der Waals surface area contributed by atoms with E-state index in [0.717, 1.165) is 22.3 Å². The molecule has 0 spiro atoms. The number of ether oxygens (including phenoxy) is 3. The molecule has 3 heterocycles. The van der Waals surface area contributed by atoms with Crippen LogP contribution in [0.3, 0.4) is 0 Å². The maximum Gasteiger partial charge on any atom is 0.410 e. The molecule has 1 aliphatic carbocycles. The molecule has 0 bridgehead atoms. The number of phenolic OH excluding ortho intramolecular Hbond substituents is 1. The van der Waals surface area contributed by atoms with Crippen LogP contribution in [0.2, 0.25) is 0 Å². The number of aromatic hydroxyl groups is 1. The van der Waals surface area contributed by atoms with Gasteiger partial charge in [-0.2, -0.15) is 0 Å². The monoisotopic (exact) mass is 498 g/mol. The number of hydrogen-bond acceptors (Lipinski definition) is 8. The summed E-state index contributed by atoms with van der Waals surface area (Å²) in [5.41, 5.74) is 2.26. The number of fused-ring (bicyclic) bond motifs is 2. The quantitative estimate of drug-likeness (QED) is 0.567. The van der Waals surface area contributed by atoms with Crippen LogP contribution in [0.5, 0.6) is 5.75 Å². The van der Waals surface area contributed by atoms with Crippen LogP contribution in [0, 0.1) is 0 Å². The largest absolute Gasteiger partial charge is 0.507 e. The van der Waals surface area contributed by atoms with E-state index in [-0.39, 0.29) is 25.2 Å². The Hall–Kier alpha value is -4.53. The number of rotatable bonds is 4. The molecule has 2 aliphatic heterocycles. The predicted molar refractivity (Wildman–Crippen MR) is 138 cm³/mol. The summed E-state index contributed by atoms with van der Waals surface area (Å²) in [7, 11) is 0. The molecule has 0 unspecified atom stereocenters. The number of amides is 1. The molecular formula is C28H26N4O5. The van der Waals surface area contributed by atoms with Crippen molar-refractivity contribution >= 4 is 22.8 Å². The molecule has 37 heavy (non-hydrogen) atoms. The van der Waals surface area contributed by atoms with Crippen LogP contribution < -0.4 is 4.90 Å². The van der Waals surface area contributed by atoms with E-state index in [2.05, 4.69) is 9.88 Å². The summed E-state index contributed by atoms with van der Waals surface area (Å²) in [5, 5.41) is 11.3. The van der Waals surface area contributed by atoms with Gasteiger partial charge in [0.25, 0.3) is 0 Å². The van der Waals surface area contributed by atoms with Crippen molar-refractivity contribution in [3.05, 3.63) is 83.9 Å². The van der Waals surface area contributed by atoms with Crippen molar-refractivity contribution in [1.29, 1.82) is 0 Å². The van der Waals surface area contributed by atoms with Gasteiger partial charge in [-0.3, -0.25) is 0 Å². The Morgan fingerprint density at radius 2 is 1.81 bits per heavy atom. The highest BCUT2D eigenvalue weighted by atomic mass is 16.7. The first-order valence-corrected chi connectivity index (χ1v) is 12.2. The molecule has 188 valence electrons. The predicted octanol–water partition coefficient (Wildman–Crippen LogP) is 4.36. The number of anilines is 1. The Bertz CT molecular complexity index is 1440. The van der Waals surface area contributed by atoms with Gasteiger partial charge in [-0.25, -0.2) is 14.8 Å². The van der Waals surface area contributed by atoms with Crippen molar-refractivity contribution in [2.45, 2.75) is 6.42 Å². The van der Waals surface area contributed by atoms with Gasteiger partial charge in [-0.05, 0) is 36.8 Å². The Morgan fingerprint density at radius 1 is 1.00 bits per heavy atom. The molecule has 2 saturated heterocycles. The van der Waals surface area contributed by atoms with Crippen molar-refractivity contribution in [3.63, 3.8) is 0 Å². The number of hydrogen-bond donors (Lipinski definition) is 1. The SMILES string of the molecule is O=C(OCC1=C2OCOC2=CC=CC1)N1CCN(c2nc(-c3ccccc3O)nc3ccccc23)CC1. The lowest BCUT2D eigenvalue weighted by molar-refractivity contribution is 0.0930. The van der Waals surface area contributed by atoms with Crippen LogP contribution in [0.15, 0.2) is 83.9 Å². The number of carbonyl (C=O) groups is 1. The van der Waals surface area contributed by atoms with E-state index in [4.69, 9.17) is 19.2 Å². The van der Waals surface area contributed by atoms with E-state index >= 15 is 0 Å². The van der Waals surface area contributed by atoms with Crippen molar-refractivity contribution in [2.75, 3.05) is 44.5 Å². The lowest BCUT2D eigenvalue weighted by Gasteiger charge is -2.35. The third-order valence-corrected chi connectivity index (χ3v) is 6.65. The van der Waals surface area contributed by atoms with Gasteiger partial charge in [0.15, 0.2) is 17.3 Å². The average Bonchev–Trinajstić information content (AvgIpc) is 3.32. The van der Waals surface area contributed by atoms with Crippen molar-refractivity contribution < 1.29 is 24.1 Å². The number of benzene rings is 2. The molecule has 2 aromatic carbocycles. The van der Waals surface area contributed by atoms with E-state index < -0.39 is 0 Å². The second-order valence-electron chi connectivity index (χ2n) is 8.94. The van der Waals surface area contributed by atoms with Crippen LogP contribution >= 0.6 is 0 Å². The molecule has 0 atom stereocenters. The fraction of sp³-hybridized carbons (Fsp3) is 0.250. The van der Waals surface area contributed by atoms with Gasteiger partial charge >= 0.3 is 6.09 Å². The number of aromatic nitrogens is 2. The Labute approximate surface area is 213 Å². The standard InChI is InChI=1S/C28H26N4O5/c33-23-11-5-3-9-21(23)26-29-22-10-4-2-8-20(22)27(30-26)31-13-15-32(16-14-31)28(34)35-17-19-7-1-6-12-24-25(19)37-18-36-24/h1-6,8-12,33H,7,13-18H2. The van der Waals surface area contributed by atoms with E-state index in [0.29, 0.717) is 55.5 Å². The van der Waals surface area contributed by atoms with E-state index in [1.165, 1.54) is 0 Å². The summed E-state index contributed by atoms with van der Waals surface area (Å²) in [6.45, 7) is 2.52. The Morgan fingerprint density at radius 3 is 2.68 bits per heavy atom. The number of nitrogens with zero attached hydrogens (tertiary/aromatic N) is 4. The lowest BCUT2D eigenvalue weighted by Crippen LogP contribution is -2.49. The summed E-state index contributed by atoms with van der Waals surface area (Å²) in [5.74, 6) is 2.72. The summed E-state index contributed by atoms with van der Waals surface area (Å²) < 4.78 is 16.7. The molecule has 3 aliphatic rings. The van der Waals surface area contributed by atoms with Crippen molar-refractivity contribution in [3.8, 4) is 17.1 Å². The summed E-state index contributed by atoms with van der Waals surface area (Å²) in [4.78, 5) is 26.2. The fourth-order valence-electron chi connectivity index (χ4n) is 4.70. The van der Waals surface area contributed by atoms with Gasteiger partial charge < -0.3 is 29.1 Å². The van der Waals surface area contributed by atoms with Crippen LogP contribution in [-0.4, -0.2) is 65.6 Å². The Balaban J connectivity index is 1.16. The first kappa shape index (κ1) is 22.9. The highest BCUT2D eigenvalue weighted by Crippen LogP contribution is 2.32. The van der Waals surface area contributed by atoms with E-state index in [1.807, 2.05) is 48.6 Å². The topological polar surface area (TPSA) is 97.3 Å². The lowest BCUT2D eigenvalue weighted by atomic mass is 10.1. The molecule has 9 nitrogen and oxygen atoms in total. The van der Waals surface area contributed by atoms with Gasteiger partial charge in [-0.1, -0.05) is 36.4 Å². The van der Waals surface area contributed by atoms with Crippen molar-refractivity contribution in [2.24, 2.45) is 0 Å². The molecule has 0 saturated carbocycles. The number of carbonyl (C=O) groups excluding carboxylic acids is 1. The van der Waals surface area contributed by atoms with Crippen LogP contribution in [0.4, 0.5) is 10.6 Å². The molecule has 9 heteroatoms. The zero-order valence-corrected chi connectivity index (χ0v) is 20.2. The first-order chi connectivity index (χ1) is 18.2. The van der Waals surface area contributed by atoms with Gasteiger partial charge in [0, 0.05) is 37.1 Å². The molecule has 2 fully saturated rings. The molecule has 6 rings (SSSR count). The Kier molecular flexibility index (Phi) is 6.10. The molecule has 1 N–H and O–H groups in total. The normalized spacial score (nSPS) is 17.1. The molecule has 1 aromatic heterocycles. The second-order valence-corrected chi connectivity index (χ2v) is 8.94. The summed E-state index contributed by atoms with van der Waals surface area (Å²) >= 11 is 0. The molecular weight excluding hydrogens is 472 g/mol. The fourth-order valence-corrected chi connectivity index (χ4v) is 4.70. The minimum atomic E-state index is -0.354. The molecule has 1 amide bonds. The average molecular weight is 499 g/mol. The number of allylic oxidation sites excluding steroid dienone is 3. The van der Waals surface area contributed by atoms with Crippen LogP contribution in [0.1, 0.15) is 6.42 Å². The smallest absolute Gasteiger partial charge is 0.410 e. The zero-order chi connectivity index (χ0) is 25.2. The minimum Gasteiger partial charge on any atom is -0.507 e. The van der Waals surface area contributed by atoms with E-state index in [1.54, 1.807) is 23.1 Å². The highest BCUT2D eigenvalue weighted by Gasteiger charge is 2.27. The van der Waals surface area contributed by atoms with Crippen LogP contribution in [0.25, 0.3) is 22.3 Å². The van der Waals surface area contributed by atoms with E-state index in [9.17, 15) is 9.90 Å². The van der Waals surface area contributed by atoms with Gasteiger partial charge in [0.2, 0.25) is 6.79 Å². The number of piperazine rings is 1.